The molecule has 40 heavy (non-hydrogen) atoms. The molecule has 0 aliphatic rings. The Balaban J connectivity index is 1.16. The highest BCUT2D eigenvalue weighted by atomic mass is 19.4. The maximum absolute atomic E-state index is 12.4. The van der Waals surface area contributed by atoms with Gasteiger partial charge in [-0.25, -0.2) is 0 Å². The van der Waals surface area contributed by atoms with Gasteiger partial charge in [-0.3, -0.25) is 23.9 Å². The number of hydrogen-bond acceptors (Lipinski definition) is 8. The highest BCUT2D eigenvalue weighted by Gasteiger charge is 2.31. The summed E-state index contributed by atoms with van der Waals surface area (Å²) < 4.78 is 44.2. The smallest absolute Gasteiger partial charge is 0.406 e. The molecular weight excluding hydrogens is 531 g/mol. The minimum Gasteiger partial charge on any atom is -0.406 e. The van der Waals surface area contributed by atoms with E-state index in [2.05, 4.69) is 41.0 Å². The van der Waals surface area contributed by atoms with Crippen molar-refractivity contribution in [3.05, 3.63) is 77.5 Å². The largest absolute Gasteiger partial charge is 0.573 e. The van der Waals surface area contributed by atoms with Crippen LogP contribution in [-0.4, -0.2) is 53.1 Å². The Hall–Kier alpha value is -4.82. The predicted molar refractivity (Wildman–Crippen MR) is 135 cm³/mol. The highest BCUT2D eigenvalue weighted by Crippen LogP contribution is 2.23. The van der Waals surface area contributed by atoms with Crippen LogP contribution in [0.15, 0.2) is 55.0 Å². The van der Waals surface area contributed by atoms with Crippen LogP contribution >= 0.6 is 0 Å². The third kappa shape index (κ3) is 8.89. The Bertz CT molecular complexity index is 1440. The quantitative estimate of drug-likeness (QED) is 0.253. The number of amides is 2. The fourth-order valence-electron chi connectivity index (χ4n) is 3.63. The molecule has 0 saturated carbocycles. The van der Waals surface area contributed by atoms with Gasteiger partial charge in [-0.15, -0.1) is 23.4 Å². The Labute approximate surface area is 226 Å². The zero-order valence-electron chi connectivity index (χ0n) is 21.4. The van der Waals surface area contributed by atoms with Crippen molar-refractivity contribution in [1.29, 1.82) is 0 Å². The lowest BCUT2D eigenvalue weighted by Gasteiger charge is -2.10. The molecule has 0 aliphatic carbocycles. The van der Waals surface area contributed by atoms with E-state index in [-0.39, 0.29) is 30.3 Å². The zero-order valence-corrected chi connectivity index (χ0v) is 21.4. The van der Waals surface area contributed by atoms with Gasteiger partial charge in [0.15, 0.2) is 11.5 Å². The van der Waals surface area contributed by atoms with Gasteiger partial charge in [-0.1, -0.05) is 28.6 Å². The number of halogens is 3. The summed E-state index contributed by atoms with van der Waals surface area (Å²) in [7, 11) is 0. The lowest BCUT2D eigenvalue weighted by Crippen LogP contribution is -2.23. The second kappa shape index (κ2) is 12.8. The number of benzene rings is 1. The first-order valence-corrected chi connectivity index (χ1v) is 12.3. The first-order chi connectivity index (χ1) is 19.1. The number of nitrogens with one attached hydrogen (secondary N) is 2. The second-order valence-corrected chi connectivity index (χ2v) is 8.85. The van der Waals surface area contributed by atoms with Crippen LogP contribution in [0.1, 0.15) is 40.2 Å². The topological polar surface area (TPSA) is 142 Å². The summed E-state index contributed by atoms with van der Waals surface area (Å²) in [6.45, 7) is 2.93. The minimum atomic E-state index is -4.80. The number of aromatic nitrogens is 7. The van der Waals surface area contributed by atoms with Crippen molar-refractivity contribution >= 4 is 17.6 Å². The van der Waals surface area contributed by atoms with Crippen molar-refractivity contribution < 1.29 is 27.5 Å². The van der Waals surface area contributed by atoms with E-state index < -0.39 is 12.3 Å². The molecule has 2 amide bonds. The molecule has 0 radical (unpaired) electrons. The van der Waals surface area contributed by atoms with Crippen molar-refractivity contribution in [3.63, 3.8) is 0 Å². The summed E-state index contributed by atoms with van der Waals surface area (Å²) in [5.74, 6) is -0.735. The number of pyridine rings is 1. The number of aryl methyl sites for hydroxylation is 3. The molecule has 0 saturated heterocycles. The van der Waals surface area contributed by atoms with Gasteiger partial charge in [0.1, 0.15) is 5.75 Å². The van der Waals surface area contributed by atoms with Crippen LogP contribution < -0.4 is 15.4 Å². The monoisotopic (exact) mass is 557 g/mol. The average Bonchev–Trinajstić information content (AvgIpc) is 3.55. The maximum Gasteiger partial charge on any atom is 0.573 e. The van der Waals surface area contributed by atoms with Gasteiger partial charge >= 0.3 is 6.36 Å². The van der Waals surface area contributed by atoms with E-state index >= 15 is 0 Å². The van der Waals surface area contributed by atoms with Crippen molar-refractivity contribution in [3.8, 4) is 5.75 Å². The molecule has 4 rings (SSSR count). The third-order valence-electron chi connectivity index (χ3n) is 5.52. The Kier molecular flexibility index (Phi) is 9.04. The molecule has 0 bridgehead atoms. The lowest BCUT2D eigenvalue weighted by atomic mass is 10.2. The lowest BCUT2D eigenvalue weighted by molar-refractivity contribution is -0.274. The van der Waals surface area contributed by atoms with Crippen LogP contribution in [-0.2, 0) is 30.8 Å². The Morgan fingerprint density at radius 3 is 2.45 bits per heavy atom. The molecule has 0 spiro atoms. The normalized spacial score (nSPS) is 11.3. The zero-order chi connectivity index (χ0) is 28.5. The Morgan fingerprint density at radius 2 is 1.73 bits per heavy atom. The average molecular weight is 558 g/mol. The maximum atomic E-state index is 12.4. The summed E-state index contributed by atoms with van der Waals surface area (Å²) in [6, 6.07) is 9.03. The molecule has 210 valence electrons. The summed E-state index contributed by atoms with van der Waals surface area (Å²) in [5.41, 5.74) is 2.19. The Morgan fingerprint density at radius 1 is 0.975 bits per heavy atom. The first kappa shape index (κ1) is 28.2. The van der Waals surface area contributed by atoms with Crippen molar-refractivity contribution in [2.75, 3.05) is 5.32 Å². The van der Waals surface area contributed by atoms with Gasteiger partial charge in [0.2, 0.25) is 5.91 Å². The third-order valence-corrected chi connectivity index (χ3v) is 5.52. The first-order valence-electron chi connectivity index (χ1n) is 12.3. The number of hydrogen-bond donors (Lipinski definition) is 2. The number of ether oxygens (including phenoxy) is 1. The number of unbranched alkanes of at least 4 members (excludes halogenated alkanes) is 1. The van der Waals surface area contributed by atoms with Crippen molar-refractivity contribution in [2.24, 2.45) is 0 Å². The molecule has 4 aromatic rings. The predicted octanol–water partition coefficient (Wildman–Crippen LogP) is 3.06. The molecule has 0 fully saturated rings. The second-order valence-electron chi connectivity index (χ2n) is 8.85. The molecule has 0 unspecified atom stereocenters. The molecule has 15 heteroatoms. The molecule has 0 aliphatic heterocycles. The fraction of sp³-hybridized carbons (Fsp3) is 0.320. The molecule has 0 atom stereocenters. The number of carbonyl (C=O) groups excluding carboxylic acids is 2. The summed E-state index contributed by atoms with van der Waals surface area (Å²) >= 11 is 0. The fourth-order valence-corrected chi connectivity index (χ4v) is 3.63. The van der Waals surface area contributed by atoms with E-state index in [9.17, 15) is 22.8 Å². The molecule has 3 aromatic heterocycles. The SMILES string of the molecule is Cc1ccc(CC(=O)Nc2cn(CCCCn3cc(C(=O)NCc4cccc(OC(F)(F)F)c4)nn3)nn2)cn1. The van der Waals surface area contributed by atoms with Crippen molar-refractivity contribution in [1.82, 2.24) is 40.3 Å². The molecule has 1 aromatic carbocycles. The molecular formula is C25H26F3N9O3. The van der Waals surface area contributed by atoms with Gasteiger partial charge in [-0.05, 0) is 49.1 Å². The summed E-state index contributed by atoms with van der Waals surface area (Å²) in [5, 5.41) is 21.1. The summed E-state index contributed by atoms with van der Waals surface area (Å²) in [4.78, 5) is 28.8. The van der Waals surface area contributed by atoms with Crippen LogP contribution in [0.2, 0.25) is 0 Å². The van der Waals surface area contributed by atoms with Gasteiger partial charge in [-0.2, -0.15) is 0 Å². The van der Waals surface area contributed by atoms with E-state index in [1.807, 2.05) is 19.1 Å². The van der Waals surface area contributed by atoms with Gasteiger partial charge in [0.05, 0.1) is 18.8 Å². The molecule has 2 N–H and O–H groups in total. The van der Waals surface area contributed by atoms with Gasteiger partial charge < -0.3 is 15.4 Å². The number of alkyl halides is 3. The van der Waals surface area contributed by atoms with E-state index in [0.29, 0.717) is 30.9 Å². The van der Waals surface area contributed by atoms with Crippen LogP contribution in [0.25, 0.3) is 0 Å². The summed E-state index contributed by atoms with van der Waals surface area (Å²) in [6.07, 6.45) is 1.62. The van der Waals surface area contributed by atoms with Gasteiger partial charge in [0.25, 0.3) is 5.91 Å². The molecule has 12 nitrogen and oxygen atoms in total. The number of rotatable bonds is 12. The standard InChI is InChI=1S/C25H26F3N9O3/c1-17-7-8-19(13-29-17)12-23(38)31-22-16-37(35-33-22)10-3-2-9-36-15-21(32-34-36)24(39)30-14-18-5-4-6-20(11-18)40-25(26,27)28/h4-8,11,13,15-16H,2-3,9-10,12,14H2,1H3,(H,30,39)(H,31,38). The van der Waals surface area contributed by atoms with E-state index in [1.54, 1.807) is 23.1 Å². The van der Waals surface area contributed by atoms with E-state index in [4.69, 9.17) is 0 Å². The molecule has 3 heterocycles. The van der Waals surface area contributed by atoms with Crippen molar-refractivity contribution in [2.45, 2.75) is 52.2 Å². The minimum absolute atomic E-state index is 0.00966. The van der Waals surface area contributed by atoms with Crippen LogP contribution in [0.4, 0.5) is 19.0 Å². The van der Waals surface area contributed by atoms with E-state index in [1.165, 1.54) is 29.1 Å². The number of anilines is 1. The highest BCUT2D eigenvalue weighted by molar-refractivity contribution is 5.92. The number of nitrogens with zero attached hydrogens (tertiary/aromatic N) is 7. The van der Waals surface area contributed by atoms with Crippen LogP contribution in [0.3, 0.4) is 0 Å². The van der Waals surface area contributed by atoms with Crippen LogP contribution in [0, 0.1) is 6.92 Å². The van der Waals surface area contributed by atoms with Gasteiger partial charge in [0, 0.05) is 31.5 Å². The van der Waals surface area contributed by atoms with E-state index in [0.717, 1.165) is 17.7 Å². The van der Waals surface area contributed by atoms with Crippen LogP contribution in [0.5, 0.6) is 5.75 Å². The number of carbonyl (C=O) groups is 2.